The zero-order chi connectivity index (χ0) is 20.8. The molecular formula is C21H32N2O5S. The minimum atomic E-state index is -3.43. The molecule has 0 amide bonds. The Balaban J connectivity index is 1.41. The molecule has 0 aromatic heterocycles. The van der Waals surface area contributed by atoms with E-state index in [0.717, 1.165) is 19.3 Å². The highest BCUT2D eigenvalue weighted by Gasteiger charge is 2.75. The van der Waals surface area contributed by atoms with Crippen molar-refractivity contribution in [1.82, 2.24) is 9.21 Å². The highest BCUT2D eigenvalue weighted by atomic mass is 32.2. The zero-order valence-electron chi connectivity index (χ0n) is 17.8. The number of carbonyl (C=O) groups excluding carboxylic acids is 1. The molecule has 0 radical (unpaired) electrons. The Morgan fingerprint density at radius 1 is 1.28 bits per heavy atom. The fourth-order valence-electron chi connectivity index (χ4n) is 6.75. The molecule has 0 spiro atoms. The lowest BCUT2D eigenvalue weighted by Crippen LogP contribution is -2.51. The number of nitrogens with zero attached hydrogens (tertiary/aromatic N) is 2. The summed E-state index contributed by atoms with van der Waals surface area (Å²) in [6.07, 6.45) is 5.80. The maximum atomic E-state index is 13.3. The maximum absolute atomic E-state index is 13.3. The van der Waals surface area contributed by atoms with Crippen LogP contribution in [0.25, 0.3) is 0 Å². The third-order valence-corrected chi connectivity index (χ3v) is 11.0. The fourth-order valence-corrected chi connectivity index (χ4v) is 9.07. The molecule has 2 aliphatic carbocycles. The number of esters is 1. The van der Waals surface area contributed by atoms with Crippen LogP contribution in [0.1, 0.15) is 47.0 Å². The first-order valence-corrected chi connectivity index (χ1v) is 12.5. The monoisotopic (exact) mass is 424 g/mol. The van der Waals surface area contributed by atoms with Crippen molar-refractivity contribution in [2.24, 2.45) is 16.7 Å². The van der Waals surface area contributed by atoms with Crippen LogP contribution < -0.4 is 0 Å². The van der Waals surface area contributed by atoms with Gasteiger partial charge in [0, 0.05) is 25.0 Å². The smallest absolute Gasteiger partial charge is 0.331 e. The molecule has 7 atom stereocenters. The quantitative estimate of drug-likeness (QED) is 0.352. The Morgan fingerprint density at radius 2 is 2.00 bits per heavy atom. The topological polar surface area (TPSA) is 75.9 Å². The molecular weight excluding hydrogens is 392 g/mol. The number of fused-ring (bicyclic) bond motifs is 7. The maximum Gasteiger partial charge on any atom is 0.331 e. The molecule has 7 nitrogen and oxygen atoms in total. The van der Waals surface area contributed by atoms with Crippen LogP contribution in [0, 0.1) is 16.7 Å². The predicted octanol–water partition coefficient (Wildman–Crippen LogP) is 1.75. The molecule has 2 saturated heterocycles. The Labute approximate surface area is 173 Å². The molecule has 8 heteroatoms. The average molecular weight is 425 g/mol. The first-order chi connectivity index (χ1) is 13.6. The number of sulfonamides is 1. The fraction of sp³-hybridized carbons (Fsp3) is 0.857. The molecule has 162 valence electrons. The molecule has 0 aromatic carbocycles. The summed E-state index contributed by atoms with van der Waals surface area (Å²) >= 11 is 0. The van der Waals surface area contributed by atoms with Crippen molar-refractivity contribution >= 4 is 16.0 Å². The molecule has 3 aliphatic heterocycles. The van der Waals surface area contributed by atoms with Crippen molar-refractivity contribution in [2.45, 2.75) is 70.9 Å². The van der Waals surface area contributed by atoms with Gasteiger partial charge in [0.05, 0.1) is 5.75 Å². The summed E-state index contributed by atoms with van der Waals surface area (Å²) in [6.45, 7) is 9.68. The predicted molar refractivity (Wildman–Crippen MR) is 107 cm³/mol. The van der Waals surface area contributed by atoms with Crippen molar-refractivity contribution in [2.75, 3.05) is 25.4 Å². The average Bonchev–Trinajstić information content (AvgIpc) is 2.94. The number of hydrogen-bond acceptors (Lipinski definition) is 6. The van der Waals surface area contributed by atoms with Crippen molar-refractivity contribution in [3.05, 3.63) is 12.2 Å². The number of rotatable bonds is 7. The van der Waals surface area contributed by atoms with Crippen LogP contribution in [0.15, 0.2) is 12.2 Å². The lowest BCUT2D eigenvalue weighted by molar-refractivity contribution is -0.161. The van der Waals surface area contributed by atoms with E-state index in [9.17, 15) is 13.2 Å². The van der Waals surface area contributed by atoms with E-state index in [1.165, 1.54) is 4.31 Å². The Bertz CT molecular complexity index is 866. The van der Waals surface area contributed by atoms with Gasteiger partial charge in [0.25, 0.3) is 0 Å². The van der Waals surface area contributed by atoms with Gasteiger partial charge in [0.1, 0.15) is 18.4 Å². The SMILES string of the molecule is CCN(CC)S(=O)(=O)C[C@@]12CC[C@H](C[C@H]1OC(=O)[C@@]13CN1[C@H]1C=C[C@@H]3O1)C2(C)C. The summed E-state index contributed by atoms with van der Waals surface area (Å²) in [6, 6.07) is 0. The molecule has 5 aliphatic rings. The van der Waals surface area contributed by atoms with E-state index in [2.05, 4.69) is 13.8 Å². The third kappa shape index (κ3) is 2.40. The standard InChI is InChI=1S/C21H32N2O5S/c1-5-22(6-2)29(25,26)13-20-10-9-14(19(20,3)4)11-16(20)28-18(24)21-12-23(21)17-8-7-15(21)27-17/h7-8,14-17H,5-6,9-13H2,1-4H3/t14-,15+,16-,17-,20+,21+,23?/m1/s1. The van der Waals surface area contributed by atoms with Crippen LogP contribution in [-0.2, 0) is 24.3 Å². The van der Waals surface area contributed by atoms with Gasteiger partial charge < -0.3 is 9.47 Å². The lowest BCUT2D eigenvalue weighted by Gasteiger charge is -2.42. The second kappa shape index (κ2) is 6.05. The zero-order valence-corrected chi connectivity index (χ0v) is 18.6. The summed E-state index contributed by atoms with van der Waals surface area (Å²) < 4.78 is 40.0. The second-order valence-corrected chi connectivity index (χ2v) is 11.9. The summed E-state index contributed by atoms with van der Waals surface area (Å²) in [7, 11) is -3.43. The van der Waals surface area contributed by atoms with E-state index in [-0.39, 0.29) is 35.6 Å². The van der Waals surface area contributed by atoms with Gasteiger partial charge in [-0.1, -0.05) is 33.8 Å². The van der Waals surface area contributed by atoms with E-state index >= 15 is 0 Å². The first-order valence-electron chi connectivity index (χ1n) is 10.9. The summed E-state index contributed by atoms with van der Waals surface area (Å²) in [5, 5.41) is 0. The molecule has 4 bridgehead atoms. The largest absolute Gasteiger partial charge is 0.460 e. The highest BCUT2D eigenvalue weighted by molar-refractivity contribution is 7.89. The van der Waals surface area contributed by atoms with Crippen LogP contribution in [-0.4, -0.2) is 73.0 Å². The van der Waals surface area contributed by atoms with Crippen LogP contribution in [0.3, 0.4) is 0 Å². The molecule has 5 rings (SSSR count). The summed E-state index contributed by atoms with van der Waals surface area (Å²) in [5.74, 6) is 0.209. The molecule has 1 unspecified atom stereocenters. The Hall–Kier alpha value is -0.960. The van der Waals surface area contributed by atoms with Gasteiger partial charge in [-0.25, -0.2) is 17.5 Å². The minimum absolute atomic E-state index is 0.0578. The third-order valence-electron chi connectivity index (χ3n) is 8.83. The number of ether oxygens (including phenoxy) is 2. The molecule has 29 heavy (non-hydrogen) atoms. The van der Waals surface area contributed by atoms with Crippen LogP contribution in [0.5, 0.6) is 0 Å². The second-order valence-electron chi connectivity index (χ2n) is 9.97. The highest BCUT2D eigenvalue weighted by Crippen LogP contribution is 2.67. The Morgan fingerprint density at radius 3 is 2.59 bits per heavy atom. The van der Waals surface area contributed by atoms with Gasteiger partial charge in [-0.3, -0.25) is 4.90 Å². The lowest BCUT2D eigenvalue weighted by atomic mass is 9.69. The van der Waals surface area contributed by atoms with E-state index in [1.54, 1.807) is 0 Å². The van der Waals surface area contributed by atoms with E-state index < -0.39 is 21.0 Å². The van der Waals surface area contributed by atoms with Gasteiger partial charge >= 0.3 is 5.97 Å². The first kappa shape index (κ1) is 20.0. The van der Waals surface area contributed by atoms with Crippen molar-refractivity contribution in [3.63, 3.8) is 0 Å². The molecule has 0 aromatic rings. The van der Waals surface area contributed by atoms with Crippen molar-refractivity contribution < 1.29 is 22.7 Å². The van der Waals surface area contributed by atoms with Gasteiger partial charge in [-0.15, -0.1) is 0 Å². The van der Waals surface area contributed by atoms with Gasteiger partial charge in [0.15, 0.2) is 5.54 Å². The van der Waals surface area contributed by atoms with Gasteiger partial charge in [-0.05, 0) is 36.7 Å². The van der Waals surface area contributed by atoms with Crippen LogP contribution in [0.4, 0.5) is 0 Å². The van der Waals surface area contributed by atoms with E-state index in [0.29, 0.717) is 25.6 Å². The van der Waals surface area contributed by atoms with Crippen LogP contribution in [0.2, 0.25) is 0 Å². The van der Waals surface area contributed by atoms with E-state index in [1.807, 2.05) is 30.9 Å². The van der Waals surface area contributed by atoms with Gasteiger partial charge in [-0.2, -0.15) is 0 Å². The molecule has 3 heterocycles. The summed E-state index contributed by atoms with van der Waals surface area (Å²) in [4.78, 5) is 15.3. The Kier molecular flexibility index (Phi) is 4.17. The molecule has 4 fully saturated rings. The van der Waals surface area contributed by atoms with Crippen molar-refractivity contribution in [3.8, 4) is 0 Å². The summed E-state index contributed by atoms with van der Waals surface area (Å²) in [5.41, 5.74) is -1.38. The van der Waals surface area contributed by atoms with E-state index in [4.69, 9.17) is 9.47 Å². The van der Waals surface area contributed by atoms with Crippen molar-refractivity contribution in [1.29, 1.82) is 0 Å². The van der Waals surface area contributed by atoms with Gasteiger partial charge in [0.2, 0.25) is 10.0 Å². The number of hydrogen-bond donors (Lipinski definition) is 0. The molecule has 2 saturated carbocycles. The molecule has 0 N–H and O–H groups in total. The minimum Gasteiger partial charge on any atom is -0.460 e. The normalized spacial score (nSPS) is 45.8. The number of carbonyl (C=O) groups is 1. The van der Waals surface area contributed by atoms with Crippen LogP contribution >= 0.6 is 0 Å².